The summed E-state index contributed by atoms with van der Waals surface area (Å²) < 4.78 is 27.6. The Morgan fingerprint density at radius 1 is 1.11 bits per heavy atom. The number of aryl methyl sites for hydroxylation is 2. The lowest BCUT2D eigenvalue weighted by Gasteiger charge is -2.20. The zero-order valence-corrected chi connectivity index (χ0v) is 15.9. The van der Waals surface area contributed by atoms with Crippen molar-refractivity contribution in [3.05, 3.63) is 69.8 Å². The van der Waals surface area contributed by atoms with Crippen molar-refractivity contribution in [3.8, 4) is 0 Å². The molecule has 0 amide bonds. The fraction of sp³-hybridized carbons (Fsp3) is 0.300. The summed E-state index contributed by atoms with van der Waals surface area (Å²) in [7, 11) is -3.67. The minimum absolute atomic E-state index is 0.0238. The quantitative estimate of drug-likeness (QED) is 0.734. The van der Waals surface area contributed by atoms with Crippen LogP contribution in [0.2, 0.25) is 0 Å². The highest BCUT2D eigenvalue weighted by Crippen LogP contribution is 2.26. The monoisotopic (exact) mass is 383 g/mol. The predicted octanol–water partition coefficient (Wildman–Crippen LogP) is 2.62. The Balaban J connectivity index is 1.68. The molecule has 140 valence electrons. The maximum atomic E-state index is 13.1. The second-order valence-electron chi connectivity index (χ2n) is 6.75. The van der Waals surface area contributed by atoms with Gasteiger partial charge in [-0.2, -0.15) is 4.31 Å². The molecule has 0 atom stereocenters. The summed E-state index contributed by atoms with van der Waals surface area (Å²) in [4.78, 5) is 19.7. The number of hydrogen-bond acceptors (Lipinski definition) is 4. The third-order valence-corrected chi connectivity index (χ3v) is 6.97. The van der Waals surface area contributed by atoms with Gasteiger partial charge in [-0.05, 0) is 54.7 Å². The molecule has 0 bridgehead atoms. The molecule has 7 heteroatoms. The number of nitrogens with one attached hydrogen (secondary N) is 1. The van der Waals surface area contributed by atoms with Gasteiger partial charge in [0, 0.05) is 6.54 Å². The van der Waals surface area contributed by atoms with Gasteiger partial charge in [0.25, 0.3) is 5.56 Å². The lowest BCUT2D eigenvalue weighted by atomic mass is 10.1. The average molecular weight is 383 g/mol. The van der Waals surface area contributed by atoms with E-state index in [2.05, 4.69) is 9.97 Å². The van der Waals surface area contributed by atoms with Crippen LogP contribution in [0.5, 0.6) is 0 Å². The Morgan fingerprint density at radius 2 is 1.89 bits per heavy atom. The molecule has 1 aliphatic rings. The molecule has 0 fully saturated rings. The van der Waals surface area contributed by atoms with Gasteiger partial charge in [0.05, 0.1) is 22.3 Å². The number of aromatic amines is 1. The SMILES string of the molecule is CCN(Cc1nc2ccccc2c(=O)[nH]1)S(=O)(=O)c1ccc2c(c1)CCC2. The summed E-state index contributed by atoms with van der Waals surface area (Å²) in [6.07, 6.45) is 3.00. The summed E-state index contributed by atoms with van der Waals surface area (Å²) >= 11 is 0. The molecule has 0 saturated heterocycles. The van der Waals surface area contributed by atoms with Crippen molar-refractivity contribution in [1.82, 2.24) is 14.3 Å². The molecule has 1 heterocycles. The number of H-pyrrole nitrogens is 1. The third kappa shape index (κ3) is 3.28. The van der Waals surface area contributed by atoms with Gasteiger partial charge in [-0.15, -0.1) is 0 Å². The van der Waals surface area contributed by atoms with Crippen LogP contribution < -0.4 is 5.56 Å². The number of nitrogens with zero attached hydrogens (tertiary/aromatic N) is 2. The van der Waals surface area contributed by atoms with Crippen molar-refractivity contribution in [2.45, 2.75) is 37.6 Å². The molecule has 1 N–H and O–H groups in total. The zero-order valence-electron chi connectivity index (χ0n) is 15.1. The minimum Gasteiger partial charge on any atom is -0.309 e. The van der Waals surface area contributed by atoms with Crippen LogP contribution in [0.3, 0.4) is 0 Å². The minimum atomic E-state index is -3.67. The van der Waals surface area contributed by atoms with Gasteiger partial charge < -0.3 is 4.98 Å². The normalized spacial score (nSPS) is 14.0. The van der Waals surface area contributed by atoms with Crippen LogP contribution in [0.15, 0.2) is 52.2 Å². The predicted molar refractivity (Wildman–Crippen MR) is 104 cm³/mol. The van der Waals surface area contributed by atoms with Gasteiger partial charge in [-0.3, -0.25) is 4.79 Å². The summed E-state index contributed by atoms with van der Waals surface area (Å²) in [5, 5.41) is 0.491. The number of hydrogen-bond donors (Lipinski definition) is 1. The van der Waals surface area contributed by atoms with Crippen molar-refractivity contribution in [2.24, 2.45) is 0 Å². The number of benzene rings is 2. The highest BCUT2D eigenvalue weighted by Gasteiger charge is 2.25. The summed E-state index contributed by atoms with van der Waals surface area (Å²) in [6.45, 7) is 2.09. The van der Waals surface area contributed by atoms with E-state index in [9.17, 15) is 13.2 Å². The first-order valence-corrected chi connectivity index (χ1v) is 10.5. The van der Waals surface area contributed by atoms with Crippen molar-refractivity contribution in [3.63, 3.8) is 0 Å². The molecule has 2 aromatic carbocycles. The van der Waals surface area contributed by atoms with Crippen molar-refractivity contribution in [2.75, 3.05) is 6.54 Å². The van der Waals surface area contributed by atoms with Crippen LogP contribution in [-0.2, 0) is 29.4 Å². The summed E-state index contributed by atoms with van der Waals surface area (Å²) in [5.74, 6) is 0.338. The Morgan fingerprint density at radius 3 is 2.70 bits per heavy atom. The van der Waals surface area contributed by atoms with Crippen LogP contribution in [0, 0.1) is 0 Å². The lowest BCUT2D eigenvalue weighted by molar-refractivity contribution is 0.414. The number of fused-ring (bicyclic) bond motifs is 2. The number of aromatic nitrogens is 2. The molecule has 0 unspecified atom stereocenters. The highest BCUT2D eigenvalue weighted by atomic mass is 32.2. The van der Waals surface area contributed by atoms with Crippen molar-refractivity contribution in [1.29, 1.82) is 0 Å². The second kappa shape index (κ2) is 6.90. The smallest absolute Gasteiger partial charge is 0.258 e. The molecule has 27 heavy (non-hydrogen) atoms. The van der Waals surface area contributed by atoms with E-state index in [1.807, 2.05) is 6.07 Å². The molecule has 1 aromatic heterocycles. The van der Waals surface area contributed by atoms with Crippen LogP contribution in [0.25, 0.3) is 10.9 Å². The van der Waals surface area contributed by atoms with E-state index in [0.717, 1.165) is 24.8 Å². The molecular formula is C20H21N3O3S. The van der Waals surface area contributed by atoms with E-state index < -0.39 is 10.0 Å². The van der Waals surface area contributed by atoms with Crippen LogP contribution in [0.4, 0.5) is 0 Å². The van der Waals surface area contributed by atoms with Gasteiger partial charge in [0.1, 0.15) is 5.82 Å². The lowest BCUT2D eigenvalue weighted by Crippen LogP contribution is -2.32. The Hall–Kier alpha value is -2.51. The zero-order chi connectivity index (χ0) is 19.0. The van der Waals surface area contributed by atoms with E-state index >= 15 is 0 Å². The maximum absolute atomic E-state index is 13.1. The standard InChI is InChI=1S/C20H21N3O3S/c1-2-23(13-19-21-18-9-4-3-8-17(18)20(24)22-19)27(25,26)16-11-10-14-6-5-7-15(14)12-16/h3-4,8-12H,2,5-7,13H2,1H3,(H,21,22,24). The van der Waals surface area contributed by atoms with Gasteiger partial charge >= 0.3 is 0 Å². The first kappa shape index (κ1) is 17.9. The second-order valence-corrected chi connectivity index (χ2v) is 8.68. The maximum Gasteiger partial charge on any atom is 0.258 e. The van der Waals surface area contributed by atoms with Crippen molar-refractivity contribution < 1.29 is 8.42 Å². The molecule has 4 rings (SSSR count). The molecule has 3 aromatic rings. The fourth-order valence-corrected chi connectivity index (χ4v) is 5.06. The largest absolute Gasteiger partial charge is 0.309 e. The van der Waals surface area contributed by atoms with Gasteiger partial charge in [-0.25, -0.2) is 13.4 Å². The van der Waals surface area contributed by atoms with Gasteiger partial charge in [-0.1, -0.05) is 25.1 Å². The Labute approximate surface area is 157 Å². The first-order valence-electron chi connectivity index (χ1n) is 9.09. The summed E-state index contributed by atoms with van der Waals surface area (Å²) in [6, 6.07) is 12.4. The summed E-state index contributed by atoms with van der Waals surface area (Å²) in [5.41, 5.74) is 2.64. The van der Waals surface area contributed by atoms with E-state index in [-0.39, 0.29) is 18.6 Å². The van der Waals surface area contributed by atoms with E-state index in [1.165, 1.54) is 9.87 Å². The van der Waals surface area contributed by atoms with Gasteiger partial charge in [0.2, 0.25) is 10.0 Å². The van der Waals surface area contributed by atoms with E-state index in [1.54, 1.807) is 43.3 Å². The number of para-hydroxylation sites is 1. The molecule has 0 saturated carbocycles. The van der Waals surface area contributed by atoms with Crippen molar-refractivity contribution >= 4 is 20.9 Å². The van der Waals surface area contributed by atoms with Crippen LogP contribution in [-0.4, -0.2) is 29.2 Å². The Bertz CT molecular complexity index is 1170. The third-order valence-electron chi connectivity index (χ3n) is 5.05. The molecular weight excluding hydrogens is 362 g/mol. The van der Waals surface area contributed by atoms with E-state index in [4.69, 9.17) is 0 Å². The number of sulfonamides is 1. The molecule has 0 spiro atoms. The topological polar surface area (TPSA) is 83.1 Å². The molecule has 0 aliphatic heterocycles. The van der Waals surface area contributed by atoms with Crippen LogP contribution in [0.1, 0.15) is 30.3 Å². The molecule has 6 nitrogen and oxygen atoms in total. The molecule has 0 radical (unpaired) electrons. The first-order chi connectivity index (χ1) is 13.0. The highest BCUT2D eigenvalue weighted by molar-refractivity contribution is 7.89. The fourth-order valence-electron chi connectivity index (χ4n) is 3.60. The van der Waals surface area contributed by atoms with E-state index in [0.29, 0.717) is 21.6 Å². The number of rotatable bonds is 5. The average Bonchev–Trinajstić information content (AvgIpc) is 3.14. The Kier molecular flexibility index (Phi) is 4.57. The molecule has 1 aliphatic carbocycles. The van der Waals surface area contributed by atoms with Gasteiger partial charge in [0.15, 0.2) is 0 Å². The van der Waals surface area contributed by atoms with Crippen LogP contribution >= 0.6 is 0 Å².